The van der Waals surface area contributed by atoms with Gasteiger partial charge in [0.15, 0.2) is 0 Å². The van der Waals surface area contributed by atoms with Gasteiger partial charge in [-0.05, 0) is 37.2 Å². The van der Waals surface area contributed by atoms with Gasteiger partial charge < -0.3 is 10.6 Å². The minimum atomic E-state index is 0.0606. The molecule has 4 atom stereocenters. The Morgan fingerprint density at radius 1 is 1.45 bits per heavy atom. The highest BCUT2D eigenvalue weighted by Gasteiger charge is 2.55. The van der Waals surface area contributed by atoms with Gasteiger partial charge in [0.1, 0.15) is 11.9 Å². The van der Waals surface area contributed by atoms with E-state index in [0.29, 0.717) is 5.92 Å². The maximum atomic E-state index is 6.41. The molecule has 2 heterocycles. The molecule has 2 aliphatic carbocycles. The summed E-state index contributed by atoms with van der Waals surface area (Å²) in [6.07, 6.45) is 10.0. The molecule has 4 aliphatic rings. The molecule has 1 saturated carbocycles. The summed E-state index contributed by atoms with van der Waals surface area (Å²) in [6, 6.07) is 0. The molecule has 4 unspecified atom stereocenters. The van der Waals surface area contributed by atoms with Crippen molar-refractivity contribution in [2.45, 2.75) is 45.1 Å². The number of hydrogen-bond acceptors (Lipinski definition) is 5. The lowest BCUT2D eigenvalue weighted by atomic mass is 9.61. The van der Waals surface area contributed by atoms with Gasteiger partial charge in [0, 0.05) is 24.3 Å². The van der Waals surface area contributed by atoms with Gasteiger partial charge in [0.2, 0.25) is 0 Å². The van der Waals surface area contributed by atoms with Gasteiger partial charge in [-0.15, -0.1) is 0 Å². The van der Waals surface area contributed by atoms with Gasteiger partial charge in [-0.3, -0.25) is 9.90 Å². The maximum absolute atomic E-state index is 6.41. The molecular formula is C17H25N3O2. The Morgan fingerprint density at radius 3 is 3.09 bits per heavy atom. The molecule has 5 heteroatoms. The van der Waals surface area contributed by atoms with Crippen LogP contribution in [0.1, 0.15) is 39.0 Å². The fraction of sp³-hybridized carbons (Fsp3) is 0.706. The Bertz CT molecular complexity index is 568. The quantitative estimate of drug-likeness (QED) is 0.597. The smallest absolute Gasteiger partial charge is 0.111 e. The average molecular weight is 303 g/mol. The molecule has 22 heavy (non-hydrogen) atoms. The van der Waals surface area contributed by atoms with Crippen LogP contribution in [0.4, 0.5) is 0 Å². The van der Waals surface area contributed by atoms with Crippen molar-refractivity contribution < 1.29 is 9.57 Å². The summed E-state index contributed by atoms with van der Waals surface area (Å²) < 4.78 is 6.41. The van der Waals surface area contributed by atoms with Crippen molar-refractivity contribution in [3.05, 3.63) is 23.6 Å². The molecule has 0 aromatic carbocycles. The summed E-state index contributed by atoms with van der Waals surface area (Å²) in [5.74, 6) is 7.84. The van der Waals surface area contributed by atoms with E-state index < -0.39 is 0 Å². The standard InChI is InChI=1S/C17H25N3O2/c1-11-3-4-15-17(9-11)5-6-20(21-2)10-12-7-13(19-18)8-14(22-15)16(12)17/h5-6,11-12,15H,3-4,7-10,18H2,1-2H3. The van der Waals surface area contributed by atoms with E-state index in [1.54, 1.807) is 7.11 Å². The number of ether oxygens (including phenoxy) is 1. The van der Waals surface area contributed by atoms with E-state index in [-0.39, 0.29) is 11.5 Å². The van der Waals surface area contributed by atoms with Crippen LogP contribution in [0, 0.1) is 17.3 Å². The molecule has 5 nitrogen and oxygen atoms in total. The normalized spacial score (nSPS) is 42.0. The molecule has 120 valence electrons. The minimum Gasteiger partial charge on any atom is -0.493 e. The third-order valence-electron chi connectivity index (χ3n) is 5.88. The van der Waals surface area contributed by atoms with E-state index in [9.17, 15) is 0 Å². The number of nitrogens with zero attached hydrogens (tertiary/aromatic N) is 2. The number of hydrogen-bond donors (Lipinski definition) is 1. The Hall–Kier alpha value is -1.49. The van der Waals surface area contributed by atoms with Gasteiger partial charge in [0.25, 0.3) is 0 Å². The lowest BCUT2D eigenvalue weighted by Gasteiger charge is -2.41. The van der Waals surface area contributed by atoms with Crippen molar-refractivity contribution in [3.8, 4) is 0 Å². The van der Waals surface area contributed by atoms with Crippen molar-refractivity contribution in [3.63, 3.8) is 0 Å². The van der Waals surface area contributed by atoms with Crippen LogP contribution < -0.4 is 5.84 Å². The average Bonchev–Trinajstić information content (AvgIpc) is 2.75. The minimum absolute atomic E-state index is 0.0606. The van der Waals surface area contributed by atoms with E-state index in [1.807, 2.05) is 5.06 Å². The van der Waals surface area contributed by atoms with Crippen LogP contribution in [-0.4, -0.2) is 30.5 Å². The highest BCUT2D eigenvalue weighted by Crippen LogP contribution is 2.58. The molecule has 0 aromatic rings. The van der Waals surface area contributed by atoms with Gasteiger partial charge in [-0.2, -0.15) is 5.10 Å². The van der Waals surface area contributed by atoms with Crippen LogP contribution in [-0.2, 0) is 9.57 Å². The first-order valence-electron chi connectivity index (χ1n) is 8.32. The Morgan fingerprint density at radius 2 is 2.32 bits per heavy atom. The molecule has 1 fully saturated rings. The highest BCUT2D eigenvalue weighted by atomic mass is 16.7. The number of nitrogens with two attached hydrogens (primary N) is 1. The second kappa shape index (κ2) is 5.01. The molecule has 2 aliphatic heterocycles. The molecule has 0 saturated heterocycles. The Balaban J connectivity index is 1.82. The zero-order valence-electron chi connectivity index (χ0n) is 13.4. The highest BCUT2D eigenvalue weighted by molar-refractivity contribution is 5.88. The van der Waals surface area contributed by atoms with Crippen LogP contribution >= 0.6 is 0 Å². The summed E-state index contributed by atoms with van der Waals surface area (Å²) in [4.78, 5) is 5.51. The van der Waals surface area contributed by atoms with Crippen LogP contribution in [0.3, 0.4) is 0 Å². The largest absolute Gasteiger partial charge is 0.493 e. The van der Waals surface area contributed by atoms with Gasteiger partial charge in [0.05, 0.1) is 19.1 Å². The number of hydroxylamine groups is 2. The molecule has 1 spiro atoms. The Kier molecular flexibility index (Phi) is 3.22. The lowest BCUT2D eigenvalue weighted by molar-refractivity contribution is -0.0932. The van der Waals surface area contributed by atoms with Gasteiger partial charge in [-0.25, -0.2) is 0 Å². The van der Waals surface area contributed by atoms with E-state index in [2.05, 4.69) is 24.3 Å². The molecule has 0 amide bonds. The summed E-state index contributed by atoms with van der Waals surface area (Å²) in [6.45, 7) is 3.21. The summed E-state index contributed by atoms with van der Waals surface area (Å²) >= 11 is 0. The fourth-order valence-electron chi connectivity index (χ4n) is 4.98. The van der Waals surface area contributed by atoms with Gasteiger partial charge in [-0.1, -0.05) is 13.0 Å². The first-order chi connectivity index (χ1) is 10.7. The van der Waals surface area contributed by atoms with Crippen molar-refractivity contribution in [2.75, 3.05) is 13.7 Å². The van der Waals surface area contributed by atoms with E-state index in [1.165, 1.54) is 18.4 Å². The molecule has 2 N–H and O–H groups in total. The fourth-order valence-corrected chi connectivity index (χ4v) is 4.98. The second-order valence-electron chi connectivity index (χ2n) is 7.24. The first kappa shape index (κ1) is 14.1. The van der Waals surface area contributed by atoms with E-state index >= 15 is 0 Å². The van der Waals surface area contributed by atoms with Crippen molar-refractivity contribution in [1.82, 2.24) is 5.06 Å². The topological polar surface area (TPSA) is 60.1 Å². The van der Waals surface area contributed by atoms with Gasteiger partial charge >= 0.3 is 0 Å². The Labute approximate surface area is 131 Å². The van der Waals surface area contributed by atoms with Crippen LogP contribution in [0.2, 0.25) is 0 Å². The predicted molar refractivity (Wildman–Crippen MR) is 84.5 cm³/mol. The monoisotopic (exact) mass is 303 g/mol. The maximum Gasteiger partial charge on any atom is 0.111 e. The third-order valence-corrected chi connectivity index (χ3v) is 5.88. The number of rotatable bonds is 1. The SMILES string of the molecule is CON1C=CC23CC(C)CCC2OC2=C3C(CC(=NN)C2)C1. The van der Waals surface area contributed by atoms with E-state index in [0.717, 1.165) is 43.2 Å². The number of hydrazone groups is 1. The molecule has 0 bridgehead atoms. The van der Waals surface area contributed by atoms with E-state index in [4.69, 9.17) is 15.4 Å². The van der Waals surface area contributed by atoms with Crippen LogP contribution in [0.15, 0.2) is 28.7 Å². The zero-order chi connectivity index (χ0) is 15.3. The van der Waals surface area contributed by atoms with Crippen molar-refractivity contribution >= 4 is 5.71 Å². The zero-order valence-corrected chi connectivity index (χ0v) is 13.4. The molecule has 0 radical (unpaired) electrons. The lowest BCUT2D eigenvalue weighted by Crippen LogP contribution is -2.40. The van der Waals surface area contributed by atoms with Crippen molar-refractivity contribution in [2.24, 2.45) is 28.2 Å². The third kappa shape index (κ3) is 1.91. The first-order valence-corrected chi connectivity index (χ1v) is 8.32. The summed E-state index contributed by atoms with van der Waals surface area (Å²) in [7, 11) is 1.73. The molecule has 0 aromatic heterocycles. The predicted octanol–water partition coefficient (Wildman–Crippen LogP) is 2.56. The summed E-state index contributed by atoms with van der Waals surface area (Å²) in [5, 5.41) is 5.93. The second-order valence-corrected chi connectivity index (χ2v) is 7.24. The molecular weight excluding hydrogens is 278 g/mol. The van der Waals surface area contributed by atoms with Crippen molar-refractivity contribution in [1.29, 1.82) is 0 Å². The number of allylic oxidation sites excluding steroid dienone is 1. The molecule has 4 rings (SSSR count). The van der Waals surface area contributed by atoms with Crippen LogP contribution in [0.25, 0.3) is 0 Å². The summed E-state index contributed by atoms with van der Waals surface area (Å²) in [5.41, 5.74) is 2.61. The van der Waals surface area contributed by atoms with Crippen LogP contribution in [0.5, 0.6) is 0 Å².